The molecule has 1 aliphatic rings. The molecule has 0 spiro atoms. The molecular weight excluding hydrogens is 415 g/mol. The van der Waals surface area contributed by atoms with Crippen LogP contribution in [-0.4, -0.2) is 37.6 Å². The van der Waals surface area contributed by atoms with E-state index >= 15 is 0 Å². The van der Waals surface area contributed by atoms with Gasteiger partial charge in [0.15, 0.2) is 0 Å². The molecular formula is C19H26Cl2N6O2. The number of hydrogen-bond acceptors (Lipinski definition) is 6. The van der Waals surface area contributed by atoms with Crippen LogP contribution in [-0.2, 0) is 19.5 Å². The lowest BCUT2D eigenvalue weighted by molar-refractivity contribution is 0.358. The van der Waals surface area contributed by atoms with Gasteiger partial charge < -0.3 is 9.84 Å². The van der Waals surface area contributed by atoms with Gasteiger partial charge in [-0.2, -0.15) is 10.1 Å². The van der Waals surface area contributed by atoms with Gasteiger partial charge in [0, 0.05) is 18.5 Å². The summed E-state index contributed by atoms with van der Waals surface area (Å²) in [6.07, 6.45) is 3.07. The fourth-order valence-electron chi connectivity index (χ4n) is 3.55. The van der Waals surface area contributed by atoms with Gasteiger partial charge in [0.25, 0.3) is 0 Å². The van der Waals surface area contributed by atoms with E-state index in [4.69, 9.17) is 4.52 Å². The van der Waals surface area contributed by atoms with Crippen LogP contribution < -0.4 is 11.0 Å². The fraction of sp³-hybridized carbons (Fsp3) is 0.474. The van der Waals surface area contributed by atoms with Gasteiger partial charge in [0.1, 0.15) is 12.4 Å². The summed E-state index contributed by atoms with van der Waals surface area (Å²) in [5, 5.41) is 12.0. The van der Waals surface area contributed by atoms with Crippen LogP contribution in [0.25, 0.3) is 11.4 Å². The van der Waals surface area contributed by atoms with E-state index in [0.29, 0.717) is 24.2 Å². The zero-order chi connectivity index (χ0) is 18.6. The highest BCUT2D eigenvalue weighted by Crippen LogP contribution is 2.17. The summed E-state index contributed by atoms with van der Waals surface area (Å²) in [4.78, 5) is 17.1. The van der Waals surface area contributed by atoms with E-state index in [1.54, 1.807) is 4.57 Å². The van der Waals surface area contributed by atoms with E-state index in [1.165, 1.54) is 4.68 Å². The summed E-state index contributed by atoms with van der Waals surface area (Å²) in [6.45, 7) is 4.83. The predicted octanol–water partition coefficient (Wildman–Crippen LogP) is 2.55. The number of benzene rings is 1. The maximum atomic E-state index is 12.7. The molecule has 10 heteroatoms. The highest BCUT2D eigenvalue weighted by atomic mass is 35.5. The molecule has 29 heavy (non-hydrogen) atoms. The van der Waals surface area contributed by atoms with Crippen LogP contribution in [0.3, 0.4) is 0 Å². The molecule has 3 heterocycles. The Kier molecular flexibility index (Phi) is 8.43. The zero-order valence-electron chi connectivity index (χ0n) is 16.3. The maximum Gasteiger partial charge on any atom is 0.346 e. The van der Waals surface area contributed by atoms with E-state index in [0.717, 1.165) is 43.7 Å². The van der Waals surface area contributed by atoms with Crippen molar-refractivity contribution in [1.29, 1.82) is 0 Å². The van der Waals surface area contributed by atoms with Gasteiger partial charge in [0.2, 0.25) is 11.7 Å². The summed E-state index contributed by atoms with van der Waals surface area (Å²) in [6, 6.07) is 9.62. The molecule has 8 nitrogen and oxygen atoms in total. The van der Waals surface area contributed by atoms with Crippen molar-refractivity contribution in [2.45, 2.75) is 39.3 Å². The van der Waals surface area contributed by atoms with Gasteiger partial charge in [0.05, 0.1) is 0 Å². The molecule has 0 unspecified atom stereocenters. The van der Waals surface area contributed by atoms with E-state index in [2.05, 4.69) is 20.6 Å². The monoisotopic (exact) mass is 440 g/mol. The highest BCUT2D eigenvalue weighted by molar-refractivity contribution is 5.85. The van der Waals surface area contributed by atoms with Crippen molar-refractivity contribution >= 4 is 24.8 Å². The Morgan fingerprint density at radius 1 is 1.17 bits per heavy atom. The average molecular weight is 441 g/mol. The minimum atomic E-state index is -0.124. The Morgan fingerprint density at radius 2 is 1.90 bits per heavy atom. The minimum Gasteiger partial charge on any atom is -0.337 e. The van der Waals surface area contributed by atoms with Crippen molar-refractivity contribution < 1.29 is 4.52 Å². The molecule has 0 bridgehead atoms. The van der Waals surface area contributed by atoms with Crippen molar-refractivity contribution in [2.24, 2.45) is 5.92 Å². The van der Waals surface area contributed by atoms with E-state index in [1.807, 2.05) is 37.3 Å². The van der Waals surface area contributed by atoms with Gasteiger partial charge in [-0.1, -0.05) is 35.5 Å². The Balaban J connectivity index is 0.00000150. The van der Waals surface area contributed by atoms with E-state index < -0.39 is 0 Å². The van der Waals surface area contributed by atoms with Crippen LogP contribution >= 0.6 is 24.8 Å². The first kappa shape index (κ1) is 23.1. The van der Waals surface area contributed by atoms with Crippen molar-refractivity contribution in [3.05, 3.63) is 52.5 Å². The van der Waals surface area contributed by atoms with Gasteiger partial charge in [-0.05, 0) is 38.8 Å². The molecule has 1 aliphatic heterocycles. The van der Waals surface area contributed by atoms with Gasteiger partial charge in [-0.15, -0.1) is 24.8 Å². The first-order valence-corrected chi connectivity index (χ1v) is 9.50. The lowest BCUT2D eigenvalue weighted by Crippen LogP contribution is -2.30. The van der Waals surface area contributed by atoms with Gasteiger partial charge in [-0.3, -0.25) is 4.57 Å². The van der Waals surface area contributed by atoms with Crippen molar-refractivity contribution in [1.82, 2.24) is 29.8 Å². The van der Waals surface area contributed by atoms with Crippen LogP contribution in [0.15, 0.2) is 39.6 Å². The summed E-state index contributed by atoms with van der Waals surface area (Å²) < 4.78 is 8.51. The first-order chi connectivity index (χ1) is 13.2. The molecule has 0 atom stereocenters. The number of aromatic nitrogens is 5. The summed E-state index contributed by atoms with van der Waals surface area (Å²) >= 11 is 0. The van der Waals surface area contributed by atoms with E-state index in [9.17, 15) is 4.79 Å². The van der Waals surface area contributed by atoms with Gasteiger partial charge in [-0.25, -0.2) is 9.48 Å². The molecule has 0 amide bonds. The van der Waals surface area contributed by atoms with Crippen LogP contribution in [0.5, 0.6) is 0 Å². The Labute approximate surface area is 181 Å². The lowest BCUT2D eigenvalue weighted by Gasteiger charge is -2.21. The molecule has 3 aromatic rings. The predicted molar refractivity (Wildman–Crippen MR) is 115 cm³/mol. The second kappa shape index (κ2) is 10.6. The van der Waals surface area contributed by atoms with E-state index in [-0.39, 0.29) is 37.0 Å². The summed E-state index contributed by atoms with van der Waals surface area (Å²) in [5.74, 6) is 2.31. The molecule has 1 N–H and O–H groups in total. The molecule has 1 saturated heterocycles. The normalized spacial score (nSPS) is 14.2. The Bertz CT molecular complexity index is 947. The molecule has 4 rings (SSSR count). The topological polar surface area (TPSA) is 90.8 Å². The van der Waals surface area contributed by atoms with Crippen LogP contribution in [0, 0.1) is 5.92 Å². The molecule has 0 radical (unpaired) electrons. The molecule has 158 valence electrons. The molecule has 0 aliphatic carbocycles. The van der Waals surface area contributed by atoms with Crippen molar-refractivity contribution in [2.75, 3.05) is 13.1 Å². The van der Waals surface area contributed by atoms with Crippen molar-refractivity contribution in [3.63, 3.8) is 0 Å². The summed E-state index contributed by atoms with van der Waals surface area (Å²) in [5.41, 5.74) is 0.756. The van der Waals surface area contributed by atoms with Gasteiger partial charge >= 0.3 is 5.69 Å². The molecule has 2 aromatic heterocycles. The number of halogens is 2. The third-order valence-corrected chi connectivity index (χ3v) is 5.03. The molecule has 1 aromatic carbocycles. The highest BCUT2D eigenvalue weighted by Gasteiger charge is 2.20. The standard InChI is InChI=1S/C19H24N6O2.2ClH/c1-2-24-16(12-14-8-10-20-11-9-14)22-25(19(24)26)13-17-21-18(23-27-17)15-6-4-3-5-7-15;;/h3-7,14,20H,2,8-13H2,1H3;2*1H. The fourth-order valence-corrected chi connectivity index (χ4v) is 3.55. The summed E-state index contributed by atoms with van der Waals surface area (Å²) in [7, 11) is 0. The molecule has 0 saturated carbocycles. The smallest absolute Gasteiger partial charge is 0.337 e. The Hall–Kier alpha value is -2.16. The number of hydrogen-bond donors (Lipinski definition) is 1. The van der Waals surface area contributed by atoms with Crippen LogP contribution in [0.1, 0.15) is 31.5 Å². The number of nitrogens with one attached hydrogen (secondary N) is 1. The third kappa shape index (κ3) is 5.26. The largest absolute Gasteiger partial charge is 0.346 e. The quantitative estimate of drug-likeness (QED) is 0.633. The zero-order valence-corrected chi connectivity index (χ0v) is 17.9. The molecule has 1 fully saturated rings. The lowest BCUT2D eigenvalue weighted by atomic mass is 9.94. The maximum absolute atomic E-state index is 12.7. The van der Waals surface area contributed by atoms with Crippen LogP contribution in [0.2, 0.25) is 0 Å². The minimum absolute atomic E-state index is 0. The van der Waals surface area contributed by atoms with Crippen LogP contribution in [0.4, 0.5) is 0 Å². The SMILES string of the molecule is CCn1c(CC2CCNCC2)nn(Cc2nc(-c3ccccc3)no2)c1=O.Cl.Cl. The number of nitrogens with zero attached hydrogens (tertiary/aromatic N) is 5. The third-order valence-electron chi connectivity index (χ3n) is 5.03. The average Bonchev–Trinajstić information content (AvgIpc) is 3.28. The number of piperidine rings is 1. The van der Waals surface area contributed by atoms with Crippen molar-refractivity contribution in [3.8, 4) is 11.4 Å². The second-order valence-electron chi connectivity index (χ2n) is 6.88. The first-order valence-electron chi connectivity index (χ1n) is 9.50. The second-order valence-corrected chi connectivity index (χ2v) is 6.88. The number of rotatable bonds is 6. The Morgan fingerprint density at radius 3 is 2.59 bits per heavy atom.